The molecule has 1 amide bonds. The van der Waals surface area contributed by atoms with Crippen molar-refractivity contribution < 1.29 is 4.79 Å². The van der Waals surface area contributed by atoms with Crippen LogP contribution in [0.15, 0.2) is 11.6 Å². The van der Waals surface area contributed by atoms with Crippen molar-refractivity contribution in [3.63, 3.8) is 0 Å². The molecule has 1 rings (SSSR count). The fourth-order valence-corrected chi connectivity index (χ4v) is 1.90. The van der Waals surface area contributed by atoms with E-state index in [9.17, 15) is 4.79 Å². The fraction of sp³-hybridized carbons (Fsp3) is 0.636. The number of amides is 1. The van der Waals surface area contributed by atoms with Gasteiger partial charge in [0.15, 0.2) is 0 Å². The first-order valence-corrected chi connectivity index (χ1v) is 6.56. The van der Waals surface area contributed by atoms with Crippen LogP contribution in [0.25, 0.3) is 0 Å². The van der Waals surface area contributed by atoms with Crippen LogP contribution >= 0.6 is 11.3 Å². The number of aryl methyl sites for hydroxylation is 1. The Labute approximate surface area is 100 Å². The van der Waals surface area contributed by atoms with Crippen LogP contribution in [-0.4, -0.2) is 30.5 Å². The number of hydrogen-bond donors (Lipinski definition) is 2. The van der Waals surface area contributed by atoms with Crippen molar-refractivity contribution in [1.82, 2.24) is 15.6 Å². The van der Waals surface area contributed by atoms with Gasteiger partial charge < -0.3 is 10.6 Å². The second-order valence-electron chi connectivity index (χ2n) is 3.53. The lowest BCUT2D eigenvalue weighted by Gasteiger charge is -2.05. The summed E-state index contributed by atoms with van der Waals surface area (Å²) in [7, 11) is 0. The molecule has 0 bridgehead atoms. The minimum Gasteiger partial charge on any atom is -0.355 e. The maximum absolute atomic E-state index is 11.4. The summed E-state index contributed by atoms with van der Waals surface area (Å²) in [6.45, 7) is 4.68. The van der Waals surface area contributed by atoms with Crippen molar-refractivity contribution >= 4 is 17.2 Å². The molecule has 0 aromatic carbocycles. The number of carbonyl (C=O) groups is 1. The summed E-state index contributed by atoms with van der Waals surface area (Å²) in [4.78, 5) is 15.5. The second kappa shape index (κ2) is 8.24. The molecule has 0 radical (unpaired) electrons. The lowest BCUT2D eigenvalue weighted by atomic mass is 10.3. The van der Waals surface area contributed by atoms with Gasteiger partial charge >= 0.3 is 0 Å². The SMILES string of the molecule is CCCNCCNC(=O)CCc1nccs1. The Balaban J connectivity index is 1.99. The molecule has 90 valence electrons. The van der Waals surface area contributed by atoms with E-state index >= 15 is 0 Å². The summed E-state index contributed by atoms with van der Waals surface area (Å²) < 4.78 is 0. The zero-order chi connectivity index (χ0) is 11.6. The van der Waals surface area contributed by atoms with Crippen molar-refractivity contribution in [3.05, 3.63) is 16.6 Å². The van der Waals surface area contributed by atoms with Crippen LogP contribution < -0.4 is 10.6 Å². The fourth-order valence-electron chi connectivity index (χ4n) is 1.28. The van der Waals surface area contributed by atoms with Gasteiger partial charge in [-0.25, -0.2) is 4.98 Å². The van der Waals surface area contributed by atoms with Crippen LogP contribution in [0, 0.1) is 0 Å². The third-order valence-corrected chi connectivity index (χ3v) is 2.94. The molecule has 1 aromatic rings. The highest BCUT2D eigenvalue weighted by atomic mass is 32.1. The van der Waals surface area contributed by atoms with Crippen LogP contribution in [0.2, 0.25) is 0 Å². The van der Waals surface area contributed by atoms with E-state index in [1.165, 1.54) is 0 Å². The smallest absolute Gasteiger partial charge is 0.220 e. The molecule has 5 heteroatoms. The largest absolute Gasteiger partial charge is 0.355 e. The summed E-state index contributed by atoms with van der Waals surface area (Å²) in [5.41, 5.74) is 0. The quantitative estimate of drug-likeness (QED) is 0.672. The maximum Gasteiger partial charge on any atom is 0.220 e. The standard InChI is InChI=1S/C11H19N3OS/c1-2-5-12-6-7-13-10(15)3-4-11-14-8-9-16-11/h8-9,12H,2-7H2,1H3,(H,13,15). The van der Waals surface area contributed by atoms with Crippen molar-refractivity contribution in [1.29, 1.82) is 0 Å². The average molecular weight is 241 g/mol. The lowest BCUT2D eigenvalue weighted by molar-refractivity contribution is -0.121. The van der Waals surface area contributed by atoms with Crippen LogP contribution in [0.4, 0.5) is 0 Å². The molecule has 0 fully saturated rings. The van der Waals surface area contributed by atoms with E-state index in [1.54, 1.807) is 17.5 Å². The Hall–Kier alpha value is -0.940. The van der Waals surface area contributed by atoms with Gasteiger partial charge in [-0.3, -0.25) is 4.79 Å². The third-order valence-electron chi connectivity index (χ3n) is 2.10. The van der Waals surface area contributed by atoms with Gasteiger partial charge in [-0.1, -0.05) is 6.92 Å². The second-order valence-corrected chi connectivity index (χ2v) is 4.50. The number of thiazole rings is 1. The van der Waals surface area contributed by atoms with Gasteiger partial charge in [-0.15, -0.1) is 11.3 Å². The zero-order valence-electron chi connectivity index (χ0n) is 9.66. The van der Waals surface area contributed by atoms with Gasteiger partial charge in [0.25, 0.3) is 0 Å². The Kier molecular flexibility index (Phi) is 6.76. The first-order chi connectivity index (χ1) is 7.83. The summed E-state index contributed by atoms with van der Waals surface area (Å²) in [5.74, 6) is 0.105. The Bertz CT molecular complexity index is 287. The van der Waals surface area contributed by atoms with Crippen molar-refractivity contribution in [2.24, 2.45) is 0 Å². The minimum atomic E-state index is 0.105. The normalized spacial score (nSPS) is 10.3. The molecule has 0 aliphatic carbocycles. The molecule has 2 N–H and O–H groups in total. The Morgan fingerprint density at radius 1 is 1.44 bits per heavy atom. The maximum atomic E-state index is 11.4. The number of rotatable bonds is 8. The highest BCUT2D eigenvalue weighted by molar-refractivity contribution is 7.09. The van der Waals surface area contributed by atoms with Crippen molar-refractivity contribution in [2.45, 2.75) is 26.2 Å². The Morgan fingerprint density at radius 2 is 2.31 bits per heavy atom. The number of aromatic nitrogens is 1. The molecule has 0 saturated carbocycles. The van der Waals surface area contributed by atoms with Gasteiger partial charge in [0.2, 0.25) is 5.91 Å². The molecule has 1 heterocycles. The molecule has 0 unspecified atom stereocenters. The highest BCUT2D eigenvalue weighted by Crippen LogP contribution is 2.06. The first kappa shape index (κ1) is 13.1. The third kappa shape index (κ3) is 5.82. The van der Waals surface area contributed by atoms with Gasteiger partial charge in [-0.2, -0.15) is 0 Å². The molecule has 1 aromatic heterocycles. The molecule has 0 aliphatic heterocycles. The van der Waals surface area contributed by atoms with Crippen LogP contribution in [0.1, 0.15) is 24.8 Å². The Morgan fingerprint density at radius 3 is 3.00 bits per heavy atom. The van der Waals surface area contributed by atoms with E-state index < -0.39 is 0 Å². The molecular weight excluding hydrogens is 222 g/mol. The predicted octanol–water partition coefficient (Wildman–Crippen LogP) is 1.19. The molecular formula is C11H19N3OS. The van der Waals surface area contributed by atoms with Gasteiger partial charge in [0.1, 0.15) is 0 Å². The van der Waals surface area contributed by atoms with Gasteiger partial charge in [0.05, 0.1) is 5.01 Å². The number of carbonyl (C=O) groups excluding carboxylic acids is 1. The van der Waals surface area contributed by atoms with Crippen molar-refractivity contribution in [3.8, 4) is 0 Å². The number of nitrogens with one attached hydrogen (secondary N) is 2. The minimum absolute atomic E-state index is 0.105. The summed E-state index contributed by atoms with van der Waals surface area (Å²) in [6.07, 6.45) is 4.16. The molecule has 0 aliphatic rings. The predicted molar refractivity (Wildman–Crippen MR) is 66.6 cm³/mol. The summed E-state index contributed by atoms with van der Waals surface area (Å²) in [5, 5.41) is 9.07. The molecule has 16 heavy (non-hydrogen) atoms. The molecule has 0 saturated heterocycles. The summed E-state index contributed by atoms with van der Waals surface area (Å²) in [6, 6.07) is 0. The van der Waals surface area contributed by atoms with Crippen LogP contribution in [0.5, 0.6) is 0 Å². The van der Waals surface area contributed by atoms with Crippen molar-refractivity contribution in [2.75, 3.05) is 19.6 Å². The van der Waals surface area contributed by atoms with Gasteiger partial charge in [-0.05, 0) is 13.0 Å². The average Bonchev–Trinajstić information content (AvgIpc) is 2.79. The monoisotopic (exact) mass is 241 g/mol. The number of hydrogen-bond acceptors (Lipinski definition) is 4. The van der Waals surface area contributed by atoms with Crippen LogP contribution in [0.3, 0.4) is 0 Å². The molecule has 4 nitrogen and oxygen atoms in total. The van der Waals surface area contributed by atoms with E-state index in [4.69, 9.17) is 0 Å². The van der Waals surface area contributed by atoms with Gasteiger partial charge in [0, 0.05) is 37.5 Å². The zero-order valence-corrected chi connectivity index (χ0v) is 10.5. The van der Waals surface area contributed by atoms with E-state index in [2.05, 4.69) is 22.5 Å². The lowest BCUT2D eigenvalue weighted by Crippen LogP contribution is -2.32. The molecule has 0 atom stereocenters. The first-order valence-electron chi connectivity index (χ1n) is 5.68. The summed E-state index contributed by atoms with van der Waals surface area (Å²) >= 11 is 1.60. The van der Waals surface area contributed by atoms with E-state index in [0.717, 1.165) is 30.9 Å². The molecule has 0 spiro atoms. The highest BCUT2D eigenvalue weighted by Gasteiger charge is 2.02. The number of nitrogens with zero attached hydrogens (tertiary/aromatic N) is 1. The van der Waals surface area contributed by atoms with E-state index in [-0.39, 0.29) is 5.91 Å². The van der Waals surface area contributed by atoms with E-state index in [1.807, 2.05) is 5.38 Å². The van der Waals surface area contributed by atoms with E-state index in [0.29, 0.717) is 13.0 Å². The van der Waals surface area contributed by atoms with Crippen LogP contribution in [-0.2, 0) is 11.2 Å². The topological polar surface area (TPSA) is 54.0 Å².